The summed E-state index contributed by atoms with van der Waals surface area (Å²) in [7, 11) is 0. The predicted molar refractivity (Wildman–Crippen MR) is 136 cm³/mol. The van der Waals surface area contributed by atoms with Crippen LogP contribution >= 0.6 is 11.8 Å². The number of benzene rings is 3. The Kier molecular flexibility index (Phi) is 8.95. The van der Waals surface area contributed by atoms with Crippen molar-refractivity contribution in [1.82, 2.24) is 0 Å². The van der Waals surface area contributed by atoms with Crippen LogP contribution in [0.5, 0.6) is 0 Å². The first-order valence-electron chi connectivity index (χ1n) is 11.6. The monoisotopic (exact) mass is 522 g/mol. The van der Waals surface area contributed by atoms with Gasteiger partial charge in [0, 0.05) is 0 Å². The van der Waals surface area contributed by atoms with E-state index in [1.807, 2.05) is 0 Å². The van der Waals surface area contributed by atoms with Gasteiger partial charge < -0.3 is 24.1 Å². The SMILES string of the molecule is CSC1O[C@H](COC(=O)c2ccccc2)C(OC(=O)c2ccccc2)C(OC(=O)c2ccccc2)[C@H]1O. The summed E-state index contributed by atoms with van der Waals surface area (Å²) in [5.74, 6) is -2.00. The summed E-state index contributed by atoms with van der Waals surface area (Å²) in [6.45, 7) is -0.302. The summed E-state index contributed by atoms with van der Waals surface area (Å²) < 4.78 is 22.9. The molecule has 0 aromatic heterocycles. The van der Waals surface area contributed by atoms with E-state index in [2.05, 4.69) is 0 Å². The molecule has 9 heteroatoms. The van der Waals surface area contributed by atoms with Crippen LogP contribution in [0, 0.1) is 0 Å². The molecule has 0 aliphatic carbocycles. The lowest BCUT2D eigenvalue weighted by Crippen LogP contribution is -2.60. The first kappa shape index (κ1) is 26.4. The first-order valence-corrected chi connectivity index (χ1v) is 12.9. The second-order valence-electron chi connectivity index (χ2n) is 8.21. The van der Waals surface area contributed by atoms with Gasteiger partial charge in [-0.3, -0.25) is 0 Å². The van der Waals surface area contributed by atoms with Crippen LogP contribution in [0.4, 0.5) is 0 Å². The van der Waals surface area contributed by atoms with Gasteiger partial charge >= 0.3 is 17.9 Å². The number of carbonyl (C=O) groups excluding carboxylic acids is 3. The van der Waals surface area contributed by atoms with Crippen molar-refractivity contribution >= 4 is 29.7 Å². The maximum atomic E-state index is 13.0. The van der Waals surface area contributed by atoms with Crippen molar-refractivity contribution in [3.8, 4) is 0 Å². The van der Waals surface area contributed by atoms with Gasteiger partial charge in [-0.1, -0.05) is 54.6 Å². The molecule has 1 aliphatic heterocycles. The third kappa shape index (κ3) is 6.56. The first-order chi connectivity index (χ1) is 18.0. The molecule has 3 aromatic carbocycles. The van der Waals surface area contributed by atoms with Gasteiger partial charge in [0.1, 0.15) is 24.3 Å². The number of rotatable bonds is 8. The summed E-state index contributed by atoms with van der Waals surface area (Å²) in [5.41, 5.74) is 0.0320. The highest BCUT2D eigenvalue weighted by Gasteiger charge is 2.50. The molecule has 0 spiro atoms. The van der Waals surface area contributed by atoms with Gasteiger partial charge in [0.05, 0.1) is 16.7 Å². The average Bonchev–Trinajstić information content (AvgIpc) is 2.95. The Hall–Kier alpha value is -3.66. The van der Waals surface area contributed by atoms with E-state index in [1.54, 1.807) is 97.3 Å². The molecule has 0 saturated carbocycles. The van der Waals surface area contributed by atoms with Gasteiger partial charge in [0.25, 0.3) is 0 Å². The van der Waals surface area contributed by atoms with E-state index in [0.717, 1.165) is 0 Å². The van der Waals surface area contributed by atoms with E-state index < -0.39 is 47.8 Å². The molecule has 0 bridgehead atoms. The summed E-state index contributed by atoms with van der Waals surface area (Å²) >= 11 is 1.19. The average molecular weight is 523 g/mol. The molecule has 192 valence electrons. The van der Waals surface area contributed by atoms with Crippen LogP contribution < -0.4 is 0 Å². The Bertz CT molecular complexity index is 1190. The lowest BCUT2D eigenvalue weighted by atomic mass is 9.99. The van der Waals surface area contributed by atoms with Crippen molar-refractivity contribution in [3.05, 3.63) is 108 Å². The number of hydrogen-bond donors (Lipinski definition) is 1. The molecule has 0 amide bonds. The van der Waals surface area contributed by atoms with E-state index in [4.69, 9.17) is 18.9 Å². The molecule has 1 heterocycles. The summed E-state index contributed by atoms with van der Waals surface area (Å²) in [6, 6.07) is 24.9. The molecule has 5 atom stereocenters. The van der Waals surface area contributed by atoms with E-state index in [-0.39, 0.29) is 17.7 Å². The molecule has 8 nitrogen and oxygen atoms in total. The highest BCUT2D eigenvalue weighted by atomic mass is 32.2. The Morgan fingerprint density at radius 1 is 0.730 bits per heavy atom. The molecule has 1 N–H and O–H groups in total. The number of aliphatic hydroxyl groups excluding tert-OH is 1. The van der Waals surface area contributed by atoms with Crippen LogP contribution in [0.2, 0.25) is 0 Å². The normalized spacial score (nSPS) is 23.0. The molecule has 3 aromatic rings. The van der Waals surface area contributed by atoms with Crippen molar-refractivity contribution in [1.29, 1.82) is 0 Å². The highest BCUT2D eigenvalue weighted by molar-refractivity contribution is 7.99. The van der Waals surface area contributed by atoms with E-state index in [0.29, 0.717) is 5.56 Å². The Labute approximate surface area is 218 Å². The zero-order chi connectivity index (χ0) is 26.2. The fourth-order valence-electron chi connectivity index (χ4n) is 3.85. The van der Waals surface area contributed by atoms with Crippen LogP contribution in [0.1, 0.15) is 31.1 Å². The van der Waals surface area contributed by atoms with E-state index >= 15 is 0 Å². The lowest BCUT2D eigenvalue weighted by molar-refractivity contribution is -0.206. The molecular weight excluding hydrogens is 496 g/mol. The standard InChI is InChI=1S/C28H26O8S/c1-37-28-22(29)24(36-27(32)20-15-9-4-10-16-20)23(35-26(31)19-13-7-3-8-14-19)21(34-28)17-33-25(30)18-11-5-2-6-12-18/h2-16,21-24,28-29H,17H2,1H3/t21-,22-,23?,24?,28?/m1/s1. The zero-order valence-corrected chi connectivity index (χ0v) is 20.8. The van der Waals surface area contributed by atoms with Crippen molar-refractivity contribution in [3.63, 3.8) is 0 Å². The third-order valence-electron chi connectivity index (χ3n) is 5.74. The van der Waals surface area contributed by atoms with Gasteiger partial charge in [-0.25, -0.2) is 14.4 Å². The highest BCUT2D eigenvalue weighted by Crippen LogP contribution is 2.32. The molecule has 1 fully saturated rings. The predicted octanol–water partition coefficient (Wildman–Crippen LogP) is 3.74. The molecule has 1 saturated heterocycles. The van der Waals surface area contributed by atoms with Crippen LogP contribution in [0.15, 0.2) is 91.0 Å². The van der Waals surface area contributed by atoms with Crippen molar-refractivity contribution in [2.45, 2.75) is 29.9 Å². The number of esters is 3. The van der Waals surface area contributed by atoms with Crippen LogP contribution in [0.3, 0.4) is 0 Å². The molecular formula is C28H26O8S. The molecule has 37 heavy (non-hydrogen) atoms. The Morgan fingerprint density at radius 3 is 1.62 bits per heavy atom. The van der Waals surface area contributed by atoms with Crippen molar-refractivity contribution in [2.24, 2.45) is 0 Å². The van der Waals surface area contributed by atoms with Gasteiger partial charge in [-0.05, 0) is 42.7 Å². The van der Waals surface area contributed by atoms with Crippen LogP contribution in [-0.2, 0) is 18.9 Å². The molecule has 3 unspecified atom stereocenters. The van der Waals surface area contributed by atoms with Crippen LogP contribution in [-0.4, -0.2) is 65.7 Å². The minimum atomic E-state index is -1.32. The van der Waals surface area contributed by atoms with Gasteiger partial charge in [0.15, 0.2) is 12.2 Å². The fourth-order valence-corrected chi connectivity index (χ4v) is 4.53. The largest absolute Gasteiger partial charge is 0.459 e. The summed E-state index contributed by atoms with van der Waals surface area (Å²) in [5, 5.41) is 11.0. The number of ether oxygens (including phenoxy) is 4. The number of aliphatic hydroxyl groups is 1. The van der Waals surface area contributed by atoms with Gasteiger partial charge in [-0.15, -0.1) is 11.8 Å². The van der Waals surface area contributed by atoms with Crippen molar-refractivity contribution in [2.75, 3.05) is 12.9 Å². The summed E-state index contributed by atoms with van der Waals surface area (Å²) in [4.78, 5) is 38.4. The second kappa shape index (κ2) is 12.5. The minimum Gasteiger partial charge on any atom is -0.459 e. The third-order valence-corrected chi connectivity index (χ3v) is 6.59. The van der Waals surface area contributed by atoms with Crippen LogP contribution in [0.25, 0.3) is 0 Å². The second-order valence-corrected chi connectivity index (χ2v) is 9.14. The maximum absolute atomic E-state index is 13.0. The summed E-state index contributed by atoms with van der Waals surface area (Å²) in [6.07, 6.45) is -3.17. The zero-order valence-electron chi connectivity index (χ0n) is 20.0. The number of hydrogen-bond acceptors (Lipinski definition) is 9. The van der Waals surface area contributed by atoms with E-state index in [1.165, 1.54) is 11.8 Å². The minimum absolute atomic E-state index is 0.261. The smallest absolute Gasteiger partial charge is 0.338 e. The van der Waals surface area contributed by atoms with Gasteiger partial charge in [-0.2, -0.15) is 0 Å². The fraction of sp³-hybridized carbons (Fsp3) is 0.250. The quantitative estimate of drug-likeness (QED) is 0.350. The molecule has 1 aliphatic rings. The number of thioether (sulfide) groups is 1. The lowest BCUT2D eigenvalue weighted by Gasteiger charge is -2.42. The van der Waals surface area contributed by atoms with E-state index in [9.17, 15) is 19.5 Å². The van der Waals surface area contributed by atoms with Crippen molar-refractivity contribution < 1.29 is 38.4 Å². The molecule has 4 rings (SSSR count). The Morgan fingerprint density at radius 2 is 1.16 bits per heavy atom. The topological polar surface area (TPSA) is 108 Å². The van der Waals surface area contributed by atoms with Gasteiger partial charge in [0.2, 0.25) is 0 Å². The maximum Gasteiger partial charge on any atom is 0.338 e. The number of carbonyl (C=O) groups is 3. The molecule has 0 radical (unpaired) electrons. The Balaban J connectivity index is 1.60.